The van der Waals surface area contributed by atoms with Gasteiger partial charge in [-0.2, -0.15) is 0 Å². The molecule has 0 aliphatic heterocycles. The standard InChI is InChI=1S/C12H16BrN/c13-11-6-4-9(5-7-11)10-2-1-3-12(14)8-10/h4-7,10,12H,1-3,8,14H2/t10-,12-/m0/s1. The Morgan fingerprint density at radius 3 is 2.50 bits per heavy atom. The Morgan fingerprint density at radius 2 is 1.86 bits per heavy atom. The van der Waals surface area contributed by atoms with Gasteiger partial charge < -0.3 is 5.73 Å². The lowest BCUT2D eigenvalue weighted by atomic mass is 9.82. The highest BCUT2D eigenvalue weighted by atomic mass is 79.9. The second kappa shape index (κ2) is 4.45. The Hall–Kier alpha value is -0.340. The van der Waals surface area contributed by atoms with Gasteiger partial charge in [0.15, 0.2) is 0 Å². The fraction of sp³-hybridized carbons (Fsp3) is 0.500. The third-order valence-electron chi connectivity index (χ3n) is 3.06. The largest absolute Gasteiger partial charge is 0.328 e. The van der Waals surface area contributed by atoms with Gasteiger partial charge in [-0.25, -0.2) is 0 Å². The van der Waals surface area contributed by atoms with E-state index in [0.717, 1.165) is 10.9 Å². The minimum atomic E-state index is 0.414. The summed E-state index contributed by atoms with van der Waals surface area (Å²) < 4.78 is 1.15. The fourth-order valence-corrected chi connectivity index (χ4v) is 2.53. The number of hydrogen-bond donors (Lipinski definition) is 1. The van der Waals surface area contributed by atoms with E-state index >= 15 is 0 Å². The van der Waals surface area contributed by atoms with Gasteiger partial charge in [-0.1, -0.05) is 34.5 Å². The summed E-state index contributed by atoms with van der Waals surface area (Å²) in [7, 11) is 0. The van der Waals surface area contributed by atoms with Crippen LogP contribution in [0.15, 0.2) is 28.7 Å². The number of hydrogen-bond acceptors (Lipinski definition) is 1. The Kier molecular flexibility index (Phi) is 3.24. The van der Waals surface area contributed by atoms with Crippen LogP contribution >= 0.6 is 15.9 Å². The molecule has 0 spiro atoms. The van der Waals surface area contributed by atoms with Gasteiger partial charge in [0.05, 0.1) is 0 Å². The van der Waals surface area contributed by atoms with Gasteiger partial charge in [0.25, 0.3) is 0 Å². The van der Waals surface area contributed by atoms with Crippen molar-refractivity contribution in [1.29, 1.82) is 0 Å². The highest BCUT2D eigenvalue weighted by Gasteiger charge is 2.20. The van der Waals surface area contributed by atoms with Crippen molar-refractivity contribution < 1.29 is 0 Å². The Bertz CT molecular complexity index is 294. The van der Waals surface area contributed by atoms with Gasteiger partial charge in [-0.15, -0.1) is 0 Å². The zero-order chi connectivity index (χ0) is 9.97. The minimum absolute atomic E-state index is 0.414. The van der Waals surface area contributed by atoms with Crippen molar-refractivity contribution in [2.24, 2.45) is 5.73 Å². The first kappa shape index (κ1) is 10.2. The van der Waals surface area contributed by atoms with Crippen LogP contribution in [0.25, 0.3) is 0 Å². The number of halogens is 1. The van der Waals surface area contributed by atoms with Crippen LogP contribution in [0.2, 0.25) is 0 Å². The van der Waals surface area contributed by atoms with Gasteiger partial charge in [-0.3, -0.25) is 0 Å². The molecule has 0 bridgehead atoms. The molecular formula is C12H16BrN. The van der Waals surface area contributed by atoms with Crippen LogP contribution in [0, 0.1) is 0 Å². The molecule has 1 aliphatic rings. The molecule has 0 aromatic heterocycles. The SMILES string of the molecule is N[C@H]1CCC[C@H](c2ccc(Br)cc2)C1. The van der Waals surface area contributed by atoms with E-state index in [0.29, 0.717) is 12.0 Å². The second-order valence-electron chi connectivity index (χ2n) is 4.18. The molecule has 0 unspecified atom stereocenters. The molecular weight excluding hydrogens is 238 g/mol. The summed E-state index contributed by atoms with van der Waals surface area (Å²) >= 11 is 3.46. The molecule has 1 nitrogen and oxygen atoms in total. The summed E-state index contributed by atoms with van der Waals surface area (Å²) in [4.78, 5) is 0. The summed E-state index contributed by atoms with van der Waals surface area (Å²) in [6.45, 7) is 0. The van der Waals surface area contributed by atoms with E-state index in [1.165, 1.54) is 24.8 Å². The Morgan fingerprint density at radius 1 is 1.14 bits per heavy atom. The zero-order valence-electron chi connectivity index (χ0n) is 8.25. The summed E-state index contributed by atoms with van der Waals surface area (Å²) in [6.07, 6.45) is 4.94. The number of nitrogens with two attached hydrogens (primary N) is 1. The number of rotatable bonds is 1. The molecule has 1 fully saturated rings. The van der Waals surface area contributed by atoms with Crippen molar-refractivity contribution in [1.82, 2.24) is 0 Å². The average Bonchev–Trinajstić information content (AvgIpc) is 2.19. The maximum absolute atomic E-state index is 5.98. The molecule has 0 radical (unpaired) electrons. The van der Waals surface area contributed by atoms with Gasteiger partial charge in [0.1, 0.15) is 0 Å². The van der Waals surface area contributed by atoms with E-state index in [-0.39, 0.29) is 0 Å². The van der Waals surface area contributed by atoms with Gasteiger partial charge in [0, 0.05) is 10.5 Å². The lowest BCUT2D eigenvalue weighted by Gasteiger charge is -2.26. The van der Waals surface area contributed by atoms with Crippen LogP contribution in [0.4, 0.5) is 0 Å². The quantitative estimate of drug-likeness (QED) is 0.816. The van der Waals surface area contributed by atoms with Gasteiger partial charge in [0.2, 0.25) is 0 Å². The molecule has 2 atom stereocenters. The van der Waals surface area contributed by atoms with Crippen LogP contribution in [0.3, 0.4) is 0 Å². The number of benzene rings is 1. The van der Waals surface area contributed by atoms with E-state index < -0.39 is 0 Å². The molecule has 2 heteroatoms. The van der Waals surface area contributed by atoms with Crippen molar-refractivity contribution in [2.75, 3.05) is 0 Å². The normalized spacial score (nSPS) is 27.6. The summed E-state index contributed by atoms with van der Waals surface area (Å²) in [6, 6.07) is 9.09. The van der Waals surface area contributed by atoms with Crippen molar-refractivity contribution in [3.8, 4) is 0 Å². The van der Waals surface area contributed by atoms with E-state index in [2.05, 4.69) is 40.2 Å². The summed E-state index contributed by atoms with van der Waals surface area (Å²) in [5.74, 6) is 0.687. The fourth-order valence-electron chi connectivity index (χ4n) is 2.27. The van der Waals surface area contributed by atoms with Gasteiger partial charge >= 0.3 is 0 Å². The molecule has 1 saturated carbocycles. The maximum Gasteiger partial charge on any atom is 0.0175 e. The monoisotopic (exact) mass is 253 g/mol. The lowest BCUT2D eigenvalue weighted by molar-refractivity contribution is 0.393. The minimum Gasteiger partial charge on any atom is -0.328 e. The molecule has 76 valence electrons. The van der Waals surface area contributed by atoms with Crippen LogP contribution in [0.1, 0.15) is 37.2 Å². The van der Waals surface area contributed by atoms with E-state index in [4.69, 9.17) is 5.73 Å². The predicted molar refractivity (Wildman–Crippen MR) is 63.3 cm³/mol. The van der Waals surface area contributed by atoms with Crippen LogP contribution < -0.4 is 5.73 Å². The molecule has 1 aromatic carbocycles. The molecule has 2 N–H and O–H groups in total. The molecule has 1 aromatic rings. The Balaban J connectivity index is 2.10. The van der Waals surface area contributed by atoms with E-state index in [1.807, 2.05) is 0 Å². The lowest BCUT2D eigenvalue weighted by Crippen LogP contribution is -2.26. The summed E-state index contributed by atoms with van der Waals surface area (Å²) in [5, 5.41) is 0. The highest BCUT2D eigenvalue weighted by Crippen LogP contribution is 2.32. The van der Waals surface area contributed by atoms with Crippen LogP contribution in [-0.2, 0) is 0 Å². The molecule has 2 rings (SSSR count). The van der Waals surface area contributed by atoms with Crippen molar-refractivity contribution >= 4 is 15.9 Å². The first-order valence-corrected chi connectivity index (χ1v) is 6.06. The topological polar surface area (TPSA) is 26.0 Å². The molecule has 0 amide bonds. The van der Waals surface area contributed by atoms with Gasteiger partial charge in [-0.05, 0) is 42.9 Å². The third kappa shape index (κ3) is 2.37. The van der Waals surface area contributed by atoms with Crippen LogP contribution in [0.5, 0.6) is 0 Å². The van der Waals surface area contributed by atoms with Crippen LogP contribution in [-0.4, -0.2) is 6.04 Å². The maximum atomic E-state index is 5.98. The molecule has 14 heavy (non-hydrogen) atoms. The van der Waals surface area contributed by atoms with E-state index in [1.54, 1.807) is 0 Å². The van der Waals surface area contributed by atoms with Crippen molar-refractivity contribution in [3.63, 3.8) is 0 Å². The first-order chi connectivity index (χ1) is 6.75. The van der Waals surface area contributed by atoms with E-state index in [9.17, 15) is 0 Å². The predicted octanol–water partition coefficient (Wildman–Crippen LogP) is 3.43. The highest BCUT2D eigenvalue weighted by molar-refractivity contribution is 9.10. The van der Waals surface area contributed by atoms with Crippen molar-refractivity contribution in [3.05, 3.63) is 34.3 Å². The molecule has 0 saturated heterocycles. The summed E-state index contributed by atoms with van der Waals surface area (Å²) in [5.41, 5.74) is 7.43. The second-order valence-corrected chi connectivity index (χ2v) is 5.09. The smallest absolute Gasteiger partial charge is 0.0175 e. The molecule has 0 heterocycles. The molecule has 1 aliphatic carbocycles. The van der Waals surface area contributed by atoms with Crippen molar-refractivity contribution in [2.45, 2.75) is 37.6 Å². The zero-order valence-corrected chi connectivity index (χ0v) is 9.83. The Labute approximate surface area is 93.8 Å². The third-order valence-corrected chi connectivity index (χ3v) is 3.58. The average molecular weight is 254 g/mol. The first-order valence-electron chi connectivity index (χ1n) is 5.27.